The maximum atomic E-state index is 5.30. The van der Waals surface area contributed by atoms with Gasteiger partial charge in [0.2, 0.25) is 0 Å². The summed E-state index contributed by atoms with van der Waals surface area (Å²) in [4.78, 5) is 4.62. The molecule has 1 aromatic heterocycles. The molecule has 0 aliphatic rings. The molecule has 1 heterocycles. The number of benzene rings is 1. The van der Waals surface area contributed by atoms with E-state index < -0.39 is 0 Å². The second kappa shape index (κ2) is 9.19. The lowest BCUT2D eigenvalue weighted by atomic mass is 9.99. The van der Waals surface area contributed by atoms with Crippen molar-refractivity contribution in [2.45, 2.75) is 53.5 Å². The van der Waals surface area contributed by atoms with Crippen LogP contribution in [-0.2, 0) is 0 Å². The summed E-state index contributed by atoms with van der Waals surface area (Å²) in [5.41, 5.74) is 3.48. The Morgan fingerprint density at radius 3 is 2.26 bits per heavy atom. The van der Waals surface area contributed by atoms with Crippen molar-refractivity contribution < 1.29 is 4.74 Å². The van der Waals surface area contributed by atoms with Crippen molar-refractivity contribution in [2.24, 2.45) is 0 Å². The standard InChI is InChI=1S/C18H24N2O.C2H6/c1-12(2)17-10-15(11-19-18(17)20-13(3)4)14-7-6-8-16(9-14)21-5;1-2/h6-13H,1-5H3,(H,19,20);1-2H3. The molecule has 0 unspecified atom stereocenters. The monoisotopic (exact) mass is 314 g/mol. The highest BCUT2D eigenvalue weighted by Gasteiger charge is 2.11. The van der Waals surface area contributed by atoms with Gasteiger partial charge in [-0.05, 0) is 49.1 Å². The zero-order valence-corrected chi connectivity index (χ0v) is 15.5. The van der Waals surface area contributed by atoms with Crippen molar-refractivity contribution in [3.05, 3.63) is 42.1 Å². The van der Waals surface area contributed by atoms with Crippen LogP contribution in [0.4, 0.5) is 5.82 Å². The first-order chi connectivity index (χ1) is 11.0. The molecule has 0 amide bonds. The molecule has 2 aromatic rings. The maximum absolute atomic E-state index is 5.30. The first-order valence-electron chi connectivity index (χ1n) is 8.42. The molecule has 0 spiro atoms. The van der Waals surface area contributed by atoms with Crippen LogP contribution in [0.2, 0.25) is 0 Å². The fraction of sp³-hybridized carbons (Fsp3) is 0.450. The van der Waals surface area contributed by atoms with Gasteiger partial charge in [0.15, 0.2) is 0 Å². The average molecular weight is 314 g/mol. The van der Waals surface area contributed by atoms with Crippen molar-refractivity contribution in [3.63, 3.8) is 0 Å². The minimum Gasteiger partial charge on any atom is -0.497 e. The molecule has 1 N–H and O–H groups in total. The Hall–Kier alpha value is -2.03. The van der Waals surface area contributed by atoms with Crippen LogP contribution in [0, 0.1) is 0 Å². The first-order valence-corrected chi connectivity index (χ1v) is 8.42. The fourth-order valence-corrected chi connectivity index (χ4v) is 2.28. The number of nitrogens with zero attached hydrogens (tertiary/aromatic N) is 1. The van der Waals surface area contributed by atoms with Crippen molar-refractivity contribution in [1.82, 2.24) is 4.98 Å². The van der Waals surface area contributed by atoms with Gasteiger partial charge in [-0.1, -0.05) is 39.8 Å². The molecule has 0 saturated carbocycles. The molecule has 0 radical (unpaired) electrons. The molecule has 126 valence electrons. The molecule has 2 rings (SSSR count). The van der Waals surface area contributed by atoms with E-state index in [9.17, 15) is 0 Å². The number of methoxy groups -OCH3 is 1. The van der Waals surface area contributed by atoms with Crippen molar-refractivity contribution >= 4 is 5.82 Å². The van der Waals surface area contributed by atoms with Crippen LogP contribution in [0.3, 0.4) is 0 Å². The van der Waals surface area contributed by atoms with Crippen LogP contribution in [0.15, 0.2) is 36.5 Å². The second-order valence-corrected chi connectivity index (χ2v) is 5.85. The molecule has 0 fully saturated rings. The molecule has 0 aliphatic carbocycles. The van der Waals surface area contributed by atoms with Crippen LogP contribution in [-0.4, -0.2) is 18.1 Å². The van der Waals surface area contributed by atoms with Gasteiger partial charge in [0.1, 0.15) is 11.6 Å². The van der Waals surface area contributed by atoms with E-state index in [2.05, 4.69) is 50.1 Å². The Morgan fingerprint density at radius 1 is 1.00 bits per heavy atom. The van der Waals surface area contributed by atoms with E-state index in [0.717, 1.165) is 22.7 Å². The van der Waals surface area contributed by atoms with E-state index in [1.165, 1.54) is 5.56 Å². The minimum absolute atomic E-state index is 0.373. The van der Waals surface area contributed by atoms with E-state index in [-0.39, 0.29) is 0 Å². The Morgan fingerprint density at radius 2 is 1.70 bits per heavy atom. The van der Waals surface area contributed by atoms with E-state index in [1.54, 1.807) is 7.11 Å². The number of anilines is 1. The number of aromatic nitrogens is 1. The van der Waals surface area contributed by atoms with Crippen LogP contribution in [0.5, 0.6) is 5.75 Å². The lowest BCUT2D eigenvalue weighted by molar-refractivity contribution is 0.415. The van der Waals surface area contributed by atoms with Crippen LogP contribution >= 0.6 is 0 Å². The van der Waals surface area contributed by atoms with Gasteiger partial charge < -0.3 is 10.1 Å². The minimum atomic E-state index is 0.373. The largest absolute Gasteiger partial charge is 0.497 e. The SMILES string of the molecule is CC.COc1cccc(-c2cnc(NC(C)C)c(C(C)C)c2)c1. The Balaban J connectivity index is 0.00000127. The molecule has 3 nitrogen and oxygen atoms in total. The number of pyridine rings is 1. The van der Waals surface area contributed by atoms with E-state index in [0.29, 0.717) is 12.0 Å². The summed E-state index contributed by atoms with van der Waals surface area (Å²) >= 11 is 0. The normalized spacial score (nSPS) is 10.3. The molecule has 0 saturated heterocycles. The van der Waals surface area contributed by atoms with Gasteiger partial charge in [-0.25, -0.2) is 4.98 Å². The smallest absolute Gasteiger partial charge is 0.129 e. The van der Waals surface area contributed by atoms with Gasteiger partial charge in [0.05, 0.1) is 7.11 Å². The van der Waals surface area contributed by atoms with Gasteiger partial charge in [-0.3, -0.25) is 0 Å². The van der Waals surface area contributed by atoms with Gasteiger partial charge in [0.25, 0.3) is 0 Å². The number of ether oxygens (including phenoxy) is 1. The van der Waals surface area contributed by atoms with Gasteiger partial charge >= 0.3 is 0 Å². The predicted octanol–water partition coefficient (Wildman–Crippen LogP) is 5.73. The Bertz CT molecular complexity index is 606. The molecule has 1 aromatic carbocycles. The zero-order chi connectivity index (χ0) is 17.4. The highest BCUT2D eigenvalue weighted by molar-refractivity contribution is 5.67. The van der Waals surface area contributed by atoms with E-state index in [1.807, 2.05) is 38.2 Å². The van der Waals surface area contributed by atoms with Crippen LogP contribution in [0.1, 0.15) is 53.0 Å². The number of hydrogen-bond donors (Lipinski definition) is 1. The lowest BCUT2D eigenvalue weighted by Gasteiger charge is -2.17. The summed E-state index contributed by atoms with van der Waals surface area (Å²) < 4.78 is 5.30. The third kappa shape index (κ3) is 5.27. The highest BCUT2D eigenvalue weighted by Crippen LogP contribution is 2.30. The van der Waals surface area contributed by atoms with Crippen molar-refractivity contribution in [1.29, 1.82) is 0 Å². The van der Waals surface area contributed by atoms with E-state index in [4.69, 9.17) is 4.74 Å². The van der Waals surface area contributed by atoms with Gasteiger partial charge in [-0.15, -0.1) is 0 Å². The van der Waals surface area contributed by atoms with Crippen molar-refractivity contribution in [2.75, 3.05) is 12.4 Å². The predicted molar refractivity (Wildman–Crippen MR) is 100 cm³/mol. The molecule has 0 atom stereocenters. The molecule has 3 heteroatoms. The highest BCUT2D eigenvalue weighted by atomic mass is 16.5. The topological polar surface area (TPSA) is 34.1 Å². The van der Waals surface area contributed by atoms with Crippen LogP contribution < -0.4 is 10.1 Å². The van der Waals surface area contributed by atoms with Gasteiger partial charge in [-0.2, -0.15) is 0 Å². The molecule has 0 bridgehead atoms. The quantitative estimate of drug-likeness (QED) is 0.765. The number of rotatable bonds is 5. The summed E-state index contributed by atoms with van der Waals surface area (Å²) in [7, 11) is 1.69. The second-order valence-electron chi connectivity index (χ2n) is 5.85. The molecule has 0 aliphatic heterocycles. The summed E-state index contributed by atoms with van der Waals surface area (Å²) in [6.45, 7) is 12.6. The summed E-state index contributed by atoms with van der Waals surface area (Å²) in [5.74, 6) is 2.26. The van der Waals surface area contributed by atoms with Gasteiger partial charge in [0, 0.05) is 17.8 Å². The Labute approximate surface area is 141 Å². The molecular formula is C20H30N2O. The summed E-state index contributed by atoms with van der Waals surface area (Å²) in [6.07, 6.45) is 1.92. The lowest BCUT2D eigenvalue weighted by Crippen LogP contribution is -2.13. The fourth-order valence-electron chi connectivity index (χ4n) is 2.28. The Kier molecular flexibility index (Phi) is 7.60. The number of hydrogen-bond acceptors (Lipinski definition) is 3. The van der Waals surface area contributed by atoms with Crippen molar-refractivity contribution in [3.8, 4) is 16.9 Å². The average Bonchev–Trinajstić information content (AvgIpc) is 2.56. The third-order valence-electron chi connectivity index (χ3n) is 3.37. The summed E-state index contributed by atoms with van der Waals surface area (Å²) in [6, 6.07) is 10.7. The van der Waals surface area contributed by atoms with E-state index >= 15 is 0 Å². The zero-order valence-electron chi connectivity index (χ0n) is 15.5. The molecule has 23 heavy (non-hydrogen) atoms. The first kappa shape index (κ1) is 19.0. The maximum Gasteiger partial charge on any atom is 0.129 e. The van der Waals surface area contributed by atoms with Crippen LogP contribution in [0.25, 0.3) is 11.1 Å². The number of nitrogens with one attached hydrogen (secondary N) is 1. The molecular weight excluding hydrogens is 284 g/mol. The summed E-state index contributed by atoms with van der Waals surface area (Å²) in [5, 5.41) is 3.42. The third-order valence-corrected chi connectivity index (χ3v) is 3.37.